The molecule has 1 heterocycles. The van der Waals surface area contributed by atoms with E-state index in [4.69, 9.17) is 16.7 Å². The Kier molecular flexibility index (Phi) is 2.40. The summed E-state index contributed by atoms with van der Waals surface area (Å²) < 4.78 is 0.823. The van der Waals surface area contributed by atoms with Gasteiger partial charge in [0.1, 0.15) is 0 Å². The second kappa shape index (κ2) is 3.36. The second-order valence-corrected chi connectivity index (χ2v) is 5.02. The van der Waals surface area contributed by atoms with Crippen LogP contribution in [0.2, 0.25) is 4.34 Å². The van der Waals surface area contributed by atoms with E-state index in [1.165, 1.54) is 17.7 Å². The molecule has 1 nitrogen and oxygen atoms in total. The summed E-state index contributed by atoms with van der Waals surface area (Å²) in [7, 11) is 0. The molecule has 1 aromatic heterocycles. The maximum atomic E-state index is 9.16. The molecule has 1 aliphatic rings. The second-order valence-electron chi connectivity index (χ2n) is 3.27. The van der Waals surface area contributed by atoms with Gasteiger partial charge in [0.15, 0.2) is 0 Å². The molecule has 1 unspecified atom stereocenters. The molecule has 1 aliphatic carbocycles. The van der Waals surface area contributed by atoms with Crippen LogP contribution < -0.4 is 0 Å². The zero-order valence-electron chi connectivity index (χ0n) is 6.66. The Balaban J connectivity index is 2.15. The summed E-state index contributed by atoms with van der Waals surface area (Å²) >= 11 is 7.42. The van der Waals surface area contributed by atoms with Gasteiger partial charge in [-0.3, -0.25) is 0 Å². The molecule has 0 radical (unpaired) electrons. The van der Waals surface area contributed by atoms with Crippen molar-refractivity contribution in [3.63, 3.8) is 0 Å². The molecule has 1 aromatic rings. The van der Waals surface area contributed by atoms with Gasteiger partial charge in [0.2, 0.25) is 0 Å². The average molecular weight is 203 g/mol. The lowest BCUT2D eigenvalue weighted by Gasteiger charge is -2.09. The van der Waals surface area contributed by atoms with Crippen LogP contribution in [-0.4, -0.2) is 11.7 Å². The molecule has 1 N–H and O–H groups in total. The summed E-state index contributed by atoms with van der Waals surface area (Å²) in [4.78, 5) is 1.24. The van der Waals surface area contributed by atoms with Crippen molar-refractivity contribution < 1.29 is 5.11 Å². The highest BCUT2D eigenvalue weighted by atomic mass is 35.5. The lowest BCUT2D eigenvalue weighted by Crippen LogP contribution is -2.03. The van der Waals surface area contributed by atoms with Crippen LogP contribution in [0, 0.1) is 5.92 Å². The molecule has 0 bridgehead atoms. The Labute approximate surface area is 81.0 Å². The molecule has 3 heteroatoms. The van der Waals surface area contributed by atoms with Gasteiger partial charge in [0.05, 0.1) is 10.9 Å². The van der Waals surface area contributed by atoms with Crippen molar-refractivity contribution in [2.75, 3.05) is 6.61 Å². The van der Waals surface area contributed by atoms with Gasteiger partial charge in [-0.25, -0.2) is 0 Å². The normalized spacial score (nSPS) is 19.5. The van der Waals surface area contributed by atoms with E-state index < -0.39 is 0 Å². The van der Waals surface area contributed by atoms with Gasteiger partial charge in [-0.2, -0.15) is 0 Å². The van der Waals surface area contributed by atoms with Crippen LogP contribution in [0.15, 0.2) is 12.1 Å². The van der Waals surface area contributed by atoms with E-state index in [1.807, 2.05) is 12.1 Å². The first kappa shape index (κ1) is 8.54. The molecule has 0 spiro atoms. The minimum Gasteiger partial charge on any atom is -0.396 e. The van der Waals surface area contributed by atoms with Crippen LogP contribution in [-0.2, 0) is 0 Å². The van der Waals surface area contributed by atoms with Crippen LogP contribution >= 0.6 is 22.9 Å². The third-order valence-electron chi connectivity index (χ3n) is 2.35. The fraction of sp³-hybridized carbons (Fsp3) is 0.556. The van der Waals surface area contributed by atoms with Crippen molar-refractivity contribution in [3.8, 4) is 0 Å². The average Bonchev–Trinajstić information content (AvgIpc) is 2.78. The molecule has 12 heavy (non-hydrogen) atoms. The Morgan fingerprint density at radius 3 is 2.75 bits per heavy atom. The zero-order chi connectivity index (χ0) is 8.55. The zero-order valence-corrected chi connectivity index (χ0v) is 8.24. The topological polar surface area (TPSA) is 20.2 Å². The summed E-state index contributed by atoms with van der Waals surface area (Å²) in [6.07, 6.45) is 2.53. The first-order valence-electron chi connectivity index (χ1n) is 4.17. The van der Waals surface area contributed by atoms with Crippen molar-refractivity contribution in [2.45, 2.75) is 18.8 Å². The molecule has 0 saturated heterocycles. The summed E-state index contributed by atoms with van der Waals surface area (Å²) in [5.41, 5.74) is 0. The lowest BCUT2D eigenvalue weighted by molar-refractivity contribution is 0.255. The molecule has 2 rings (SSSR count). The number of rotatable bonds is 3. The van der Waals surface area contributed by atoms with Crippen LogP contribution in [0.4, 0.5) is 0 Å². The first-order valence-corrected chi connectivity index (χ1v) is 5.37. The summed E-state index contributed by atoms with van der Waals surface area (Å²) in [6, 6.07) is 3.94. The molecular weight excluding hydrogens is 192 g/mol. The number of hydrogen-bond donors (Lipinski definition) is 1. The Morgan fingerprint density at radius 2 is 2.33 bits per heavy atom. The summed E-state index contributed by atoms with van der Waals surface area (Å²) in [5.74, 6) is 1.06. The van der Waals surface area contributed by atoms with E-state index in [0.717, 1.165) is 4.34 Å². The Hall–Kier alpha value is -0.0500. The highest BCUT2D eigenvalue weighted by molar-refractivity contribution is 7.16. The first-order chi connectivity index (χ1) is 5.81. The van der Waals surface area contributed by atoms with E-state index in [0.29, 0.717) is 11.8 Å². The minimum atomic E-state index is 0.265. The van der Waals surface area contributed by atoms with Gasteiger partial charge in [-0.05, 0) is 30.9 Å². The van der Waals surface area contributed by atoms with Gasteiger partial charge in [0, 0.05) is 10.8 Å². The van der Waals surface area contributed by atoms with Crippen LogP contribution in [0.3, 0.4) is 0 Å². The number of halogens is 1. The van der Waals surface area contributed by atoms with Crippen molar-refractivity contribution in [1.29, 1.82) is 0 Å². The number of aliphatic hydroxyl groups excluding tert-OH is 1. The fourth-order valence-electron chi connectivity index (χ4n) is 1.50. The van der Waals surface area contributed by atoms with Gasteiger partial charge in [-0.15, -0.1) is 11.3 Å². The van der Waals surface area contributed by atoms with Crippen molar-refractivity contribution in [2.24, 2.45) is 5.92 Å². The monoisotopic (exact) mass is 202 g/mol. The fourth-order valence-corrected chi connectivity index (χ4v) is 2.74. The standard InChI is InChI=1S/C9H11ClOS/c10-9-4-3-8(12-9)7(5-11)6-1-2-6/h3-4,6-7,11H,1-2,5H2. The Morgan fingerprint density at radius 1 is 1.58 bits per heavy atom. The molecule has 66 valence electrons. The molecule has 0 amide bonds. The minimum absolute atomic E-state index is 0.265. The number of hydrogen-bond acceptors (Lipinski definition) is 2. The highest BCUT2D eigenvalue weighted by Gasteiger charge is 2.32. The summed E-state index contributed by atoms with van der Waals surface area (Å²) in [6.45, 7) is 0.265. The molecule has 1 saturated carbocycles. The Bertz CT molecular complexity index is 267. The van der Waals surface area contributed by atoms with E-state index in [-0.39, 0.29) is 6.61 Å². The van der Waals surface area contributed by atoms with Gasteiger partial charge in [-0.1, -0.05) is 11.6 Å². The SMILES string of the molecule is OCC(c1ccc(Cl)s1)C1CC1. The third-order valence-corrected chi connectivity index (χ3v) is 3.71. The van der Waals surface area contributed by atoms with E-state index in [9.17, 15) is 0 Å². The molecule has 1 fully saturated rings. The predicted molar refractivity (Wildman–Crippen MR) is 51.9 cm³/mol. The van der Waals surface area contributed by atoms with Crippen molar-refractivity contribution in [1.82, 2.24) is 0 Å². The molecular formula is C9H11ClOS. The highest BCUT2D eigenvalue weighted by Crippen LogP contribution is 2.44. The number of aliphatic hydroxyl groups is 1. The predicted octanol–water partition coefficient (Wildman–Crippen LogP) is 2.89. The van der Waals surface area contributed by atoms with E-state index >= 15 is 0 Å². The van der Waals surface area contributed by atoms with Crippen molar-refractivity contribution in [3.05, 3.63) is 21.3 Å². The van der Waals surface area contributed by atoms with E-state index in [2.05, 4.69) is 0 Å². The van der Waals surface area contributed by atoms with Gasteiger partial charge < -0.3 is 5.11 Å². The molecule has 1 atom stereocenters. The van der Waals surface area contributed by atoms with Crippen LogP contribution in [0.1, 0.15) is 23.6 Å². The summed E-state index contributed by atoms with van der Waals surface area (Å²) in [5, 5.41) is 9.16. The maximum Gasteiger partial charge on any atom is 0.0931 e. The lowest BCUT2D eigenvalue weighted by atomic mass is 10.0. The third kappa shape index (κ3) is 1.65. The molecule has 0 aliphatic heterocycles. The quantitative estimate of drug-likeness (QED) is 0.799. The smallest absolute Gasteiger partial charge is 0.0931 e. The van der Waals surface area contributed by atoms with Crippen LogP contribution in [0.5, 0.6) is 0 Å². The maximum absolute atomic E-state index is 9.16. The molecule has 0 aromatic carbocycles. The largest absolute Gasteiger partial charge is 0.396 e. The van der Waals surface area contributed by atoms with Gasteiger partial charge in [0.25, 0.3) is 0 Å². The number of thiophene rings is 1. The van der Waals surface area contributed by atoms with Crippen LogP contribution in [0.25, 0.3) is 0 Å². The van der Waals surface area contributed by atoms with E-state index in [1.54, 1.807) is 11.3 Å². The van der Waals surface area contributed by atoms with Gasteiger partial charge >= 0.3 is 0 Å². The van der Waals surface area contributed by atoms with Crippen molar-refractivity contribution >= 4 is 22.9 Å².